The molecule has 2 unspecified atom stereocenters. The van der Waals surface area contributed by atoms with Gasteiger partial charge in [-0.05, 0) is 36.2 Å². The van der Waals surface area contributed by atoms with E-state index < -0.39 is 33.0 Å². The maximum Gasteiger partial charge on any atom is 0.265 e. The largest absolute Gasteiger partial charge is 0.325 e. The first-order valence-corrected chi connectivity index (χ1v) is 11.7. The van der Waals surface area contributed by atoms with Gasteiger partial charge in [0, 0.05) is 5.69 Å². The Morgan fingerprint density at radius 1 is 1.16 bits per heavy atom. The summed E-state index contributed by atoms with van der Waals surface area (Å²) in [6.45, 7) is 1.78. The number of hydrogen-bond acceptors (Lipinski definition) is 6. The van der Waals surface area contributed by atoms with Gasteiger partial charge in [0.1, 0.15) is 5.92 Å². The Bertz CT molecular complexity index is 1130. The van der Waals surface area contributed by atoms with Crippen LogP contribution in [-0.2, 0) is 24.4 Å². The highest BCUT2D eigenvalue weighted by Gasteiger charge is 2.34. The van der Waals surface area contributed by atoms with E-state index in [-0.39, 0.29) is 16.0 Å². The lowest BCUT2D eigenvalue weighted by Gasteiger charge is -2.22. The number of nitrogens with one attached hydrogen (secondary N) is 2. The zero-order valence-corrected chi connectivity index (χ0v) is 18.1. The van der Waals surface area contributed by atoms with Crippen LogP contribution in [0.4, 0.5) is 5.69 Å². The lowest BCUT2D eigenvalue weighted by atomic mass is 9.97. The molecule has 2 aromatic carbocycles. The molecule has 2 aromatic rings. The normalized spacial score (nSPS) is 17.5. The lowest BCUT2D eigenvalue weighted by molar-refractivity contribution is -0.129. The number of carbonyl (C=O) groups is 3. The van der Waals surface area contributed by atoms with E-state index in [4.69, 9.17) is 5.14 Å². The van der Waals surface area contributed by atoms with Gasteiger partial charge in [0.2, 0.25) is 21.8 Å². The third kappa shape index (κ3) is 5.57. The van der Waals surface area contributed by atoms with Crippen molar-refractivity contribution in [3.05, 3.63) is 60.2 Å². The maximum atomic E-state index is 12.6. The lowest BCUT2D eigenvalue weighted by Crippen LogP contribution is -2.42. The Kier molecular flexibility index (Phi) is 6.88. The summed E-state index contributed by atoms with van der Waals surface area (Å²) in [5.74, 6) is -2.49. The fraction of sp³-hybridized carbons (Fsp3) is 0.200. The van der Waals surface area contributed by atoms with Crippen molar-refractivity contribution in [2.75, 3.05) is 5.32 Å². The van der Waals surface area contributed by atoms with Gasteiger partial charge in [0.15, 0.2) is 5.17 Å². The average molecular weight is 461 g/mol. The van der Waals surface area contributed by atoms with Crippen LogP contribution in [0.2, 0.25) is 0 Å². The van der Waals surface area contributed by atoms with Crippen molar-refractivity contribution in [2.45, 2.75) is 29.4 Å². The highest BCUT2D eigenvalue weighted by atomic mass is 32.2. The third-order valence-electron chi connectivity index (χ3n) is 4.45. The minimum atomic E-state index is -3.83. The first kappa shape index (κ1) is 22.7. The number of benzene rings is 2. The molecule has 0 fully saturated rings. The molecule has 0 saturated carbocycles. The van der Waals surface area contributed by atoms with Gasteiger partial charge >= 0.3 is 0 Å². The van der Waals surface area contributed by atoms with E-state index in [0.717, 1.165) is 11.8 Å². The van der Waals surface area contributed by atoms with E-state index in [2.05, 4.69) is 15.6 Å². The van der Waals surface area contributed by atoms with Crippen molar-refractivity contribution in [2.24, 2.45) is 10.1 Å². The van der Waals surface area contributed by atoms with E-state index in [1.807, 2.05) is 0 Å². The first-order chi connectivity index (χ1) is 14.7. The van der Waals surface area contributed by atoms with Crippen LogP contribution < -0.4 is 15.8 Å². The van der Waals surface area contributed by atoms with Crippen molar-refractivity contribution in [1.29, 1.82) is 0 Å². The van der Waals surface area contributed by atoms with E-state index in [0.29, 0.717) is 17.7 Å². The van der Waals surface area contributed by atoms with Crippen LogP contribution >= 0.6 is 11.8 Å². The van der Waals surface area contributed by atoms with Gasteiger partial charge in [0.25, 0.3) is 5.91 Å². The molecule has 31 heavy (non-hydrogen) atoms. The topological polar surface area (TPSA) is 148 Å². The molecule has 1 aliphatic rings. The van der Waals surface area contributed by atoms with E-state index in [1.165, 1.54) is 24.3 Å². The summed E-state index contributed by atoms with van der Waals surface area (Å²) in [5, 5.41) is 9.75. The number of rotatable bonds is 6. The number of thioether (sulfide) groups is 1. The SMILES string of the molecule is CCC(SC1=NC(=O)C(c2ccccc2)C(=O)N1)C(=O)Nc1ccc(S(N)(=O)=O)cc1. The number of anilines is 1. The standard InChI is InChI=1S/C20H20N4O5S2/c1-2-15(17(25)22-13-8-10-14(11-9-13)31(21,28)29)30-20-23-18(26)16(19(27)24-20)12-6-4-3-5-7-12/h3-11,15-16H,2H2,1H3,(H,22,25)(H2,21,28,29)(H,23,24,26,27). The fourth-order valence-corrected chi connectivity index (χ4v) is 4.31. The van der Waals surface area contributed by atoms with Crippen LogP contribution in [0.25, 0.3) is 0 Å². The molecule has 11 heteroatoms. The Labute approximate surface area is 183 Å². The van der Waals surface area contributed by atoms with Crippen molar-refractivity contribution >= 4 is 50.4 Å². The van der Waals surface area contributed by atoms with E-state index in [9.17, 15) is 22.8 Å². The van der Waals surface area contributed by atoms with Crippen LogP contribution in [0.3, 0.4) is 0 Å². The summed E-state index contributed by atoms with van der Waals surface area (Å²) in [7, 11) is -3.83. The Balaban J connectivity index is 1.68. The molecule has 0 radical (unpaired) electrons. The minimum Gasteiger partial charge on any atom is -0.325 e. The summed E-state index contributed by atoms with van der Waals surface area (Å²) in [6.07, 6.45) is 0.400. The third-order valence-corrected chi connectivity index (χ3v) is 6.63. The molecule has 4 N–H and O–H groups in total. The molecule has 0 bridgehead atoms. The van der Waals surface area contributed by atoms with Crippen LogP contribution in [0.15, 0.2) is 64.5 Å². The van der Waals surface area contributed by atoms with Gasteiger partial charge in [0.05, 0.1) is 10.1 Å². The maximum absolute atomic E-state index is 12.6. The highest BCUT2D eigenvalue weighted by Crippen LogP contribution is 2.25. The Hall–Kier alpha value is -3.02. The van der Waals surface area contributed by atoms with Gasteiger partial charge in [-0.2, -0.15) is 4.99 Å². The minimum absolute atomic E-state index is 0.0637. The second kappa shape index (κ2) is 9.41. The number of nitrogens with two attached hydrogens (primary N) is 1. The molecular formula is C20H20N4O5S2. The number of carbonyl (C=O) groups excluding carboxylic acids is 3. The van der Waals surface area contributed by atoms with Crippen LogP contribution in [-0.4, -0.2) is 36.6 Å². The van der Waals surface area contributed by atoms with Crippen LogP contribution in [0.5, 0.6) is 0 Å². The monoisotopic (exact) mass is 460 g/mol. The number of hydrogen-bond donors (Lipinski definition) is 3. The Morgan fingerprint density at radius 2 is 1.81 bits per heavy atom. The quantitative estimate of drug-likeness (QED) is 0.558. The van der Waals surface area contributed by atoms with E-state index in [1.54, 1.807) is 37.3 Å². The number of aliphatic imine (C=N–C) groups is 1. The van der Waals surface area contributed by atoms with Gasteiger partial charge in [-0.15, -0.1) is 0 Å². The first-order valence-electron chi connectivity index (χ1n) is 9.27. The molecule has 9 nitrogen and oxygen atoms in total. The van der Waals surface area contributed by atoms with Gasteiger partial charge in [-0.25, -0.2) is 13.6 Å². The number of nitrogens with zero attached hydrogens (tertiary/aromatic N) is 1. The fourth-order valence-electron chi connectivity index (χ4n) is 2.89. The van der Waals surface area contributed by atoms with Crippen molar-refractivity contribution < 1.29 is 22.8 Å². The molecule has 2 atom stereocenters. The molecule has 162 valence electrons. The zero-order chi connectivity index (χ0) is 22.6. The van der Waals surface area contributed by atoms with Crippen molar-refractivity contribution in [3.8, 4) is 0 Å². The molecule has 1 heterocycles. The molecule has 3 amide bonds. The number of amidine groups is 1. The molecular weight excluding hydrogens is 440 g/mol. The summed E-state index contributed by atoms with van der Waals surface area (Å²) in [4.78, 5) is 41.4. The molecule has 0 spiro atoms. The smallest absolute Gasteiger partial charge is 0.265 e. The van der Waals surface area contributed by atoms with Gasteiger partial charge in [-0.3, -0.25) is 14.4 Å². The van der Waals surface area contributed by atoms with Crippen LogP contribution in [0, 0.1) is 0 Å². The molecule has 3 rings (SSSR count). The number of sulfonamides is 1. The highest BCUT2D eigenvalue weighted by molar-refractivity contribution is 8.15. The number of amides is 3. The van der Waals surface area contributed by atoms with Crippen molar-refractivity contribution in [3.63, 3.8) is 0 Å². The van der Waals surface area contributed by atoms with E-state index >= 15 is 0 Å². The molecule has 0 aromatic heterocycles. The predicted molar refractivity (Wildman–Crippen MR) is 118 cm³/mol. The van der Waals surface area contributed by atoms with Crippen LogP contribution in [0.1, 0.15) is 24.8 Å². The molecule has 0 saturated heterocycles. The van der Waals surface area contributed by atoms with Gasteiger partial charge in [-0.1, -0.05) is 49.0 Å². The molecule has 1 aliphatic heterocycles. The zero-order valence-electron chi connectivity index (χ0n) is 16.4. The number of primary sulfonamides is 1. The summed E-state index contributed by atoms with van der Waals surface area (Å²) in [6, 6.07) is 14.0. The summed E-state index contributed by atoms with van der Waals surface area (Å²) >= 11 is 0.974. The predicted octanol–water partition coefficient (Wildman–Crippen LogP) is 1.58. The van der Waals surface area contributed by atoms with Crippen molar-refractivity contribution in [1.82, 2.24) is 5.32 Å². The summed E-state index contributed by atoms with van der Waals surface area (Å²) in [5.41, 5.74) is 0.928. The summed E-state index contributed by atoms with van der Waals surface area (Å²) < 4.78 is 22.6. The Morgan fingerprint density at radius 3 is 2.35 bits per heavy atom. The molecule has 0 aliphatic carbocycles. The average Bonchev–Trinajstić information content (AvgIpc) is 2.72. The van der Waals surface area contributed by atoms with Gasteiger partial charge < -0.3 is 10.6 Å². The second-order valence-electron chi connectivity index (χ2n) is 6.66. The second-order valence-corrected chi connectivity index (χ2v) is 9.41.